The van der Waals surface area contributed by atoms with Crippen molar-refractivity contribution in [3.8, 4) is 11.4 Å². The lowest BCUT2D eigenvalue weighted by atomic mass is 9.97. The third-order valence-corrected chi connectivity index (χ3v) is 5.93. The van der Waals surface area contributed by atoms with Crippen LogP contribution < -0.4 is 5.32 Å². The molecule has 0 radical (unpaired) electrons. The van der Waals surface area contributed by atoms with Gasteiger partial charge in [0, 0.05) is 30.5 Å². The number of nitrogens with zero attached hydrogens (tertiary/aromatic N) is 4. The van der Waals surface area contributed by atoms with Crippen LogP contribution in [-0.4, -0.2) is 38.0 Å². The first-order chi connectivity index (χ1) is 13.3. The highest BCUT2D eigenvalue weighted by Crippen LogP contribution is 2.40. The highest BCUT2D eigenvalue weighted by Gasteiger charge is 2.30. The van der Waals surface area contributed by atoms with Crippen molar-refractivity contribution in [1.29, 1.82) is 0 Å². The van der Waals surface area contributed by atoms with Crippen LogP contribution in [0.5, 0.6) is 0 Å². The van der Waals surface area contributed by atoms with Crippen LogP contribution in [0.1, 0.15) is 51.0 Å². The molecule has 2 aliphatic carbocycles. The van der Waals surface area contributed by atoms with Gasteiger partial charge in [-0.1, -0.05) is 23.4 Å². The van der Waals surface area contributed by atoms with Crippen LogP contribution >= 0.6 is 11.8 Å². The van der Waals surface area contributed by atoms with E-state index in [1.54, 1.807) is 6.20 Å². The van der Waals surface area contributed by atoms with E-state index in [9.17, 15) is 4.79 Å². The summed E-state index contributed by atoms with van der Waals surface area (Å²) in [5, 5.41) is 12.6. The predicted octanol–water partition coefficient (Wildman–Crippen LogP) is 3.77. The van der Waals surface area contributed by atoms with E-state index < -0.39 is 0 Å². The van der Waals surface area contributed by atoms with Crippen LogP contribution in [0.25, 0.3) is 11.4 Å². The van der Waals surface area contributed by atoms with Crippen molar-refractivity contribution in [1.82, 2.24) is 25.1 Å². The summed E-state index contributed by atoms with van der Waals surface area (Å²) < 4.78 is 2.17. The zero-order chi connectivity index (χ0) is 18.5. The lowest BCUT2D eigenvalue weighted by molar-refractivity contribution is -0.118. The van der Waals surface area contributed by atoms with Gasteiger partial charge in [-0.2, -0.15) is 0 Å². The van der Waals surface area contributed by atoms with Gasteiger partial charge in [-0.05, 0) is 57.1 Å². The summed E-state index contributed by atoms with van der Waals surface area (Å²) >= 11 is 1.47. The molecular formula is C20H25N5OS. The third kappa shape index (κ3) is 4.77. The van der Waals surface area contributed by atoms with Gasteiger partial charge in [0.2, 0.25) is 5.91 Å². The van der Waals surface area contributed by atoms with Gasteiger partial charge in [0.1, 0.15) is 0 Å². The first-order valence-electron chi connectivity index (χ1n) is 9.74. The topological polar surface area (TPSA) is 72.7 Å². The molecule has 142 valence electrons. The standard InChI is InChI=1S/C20H25N5OS/c26-18(22-12-10-15-5-2-1-3-6-15)14-27-20-24-23-19(25(20)17-8-9-17)16-7-4-11-21-13-16/h4-5,7,11,13,17H,1-3,6,8-10,12,14H2,(H,22,26). The molecule has 1 saturated carbocycles. The normalized spacial score (nSPS) is 16.8. The maximum atomic E-state index is 12.2. The Hall–Kier alpha value is -2.15. The van der Waals surface area contributed by atoms with Gasteiger partial charge in [-0.3, -0.25) is 14.3 Å². The Labute approximate surface area is 163 Å². The second-order valence-corrected chi connectivity index (χ2v) is 8.09. The van der Waals surface area contributed by atoms with E-state index in [1.807, 2.05) is 18.3 Å². The van der Waals surface area contributed by atoms with Crippen LogP contribution in [0.15, 0.2) is 41.3 Å². The number of aromatic nitrogens is 4. The number of hydrogen-bond donors (Lipinski definition) is 1. The minimum absolute atomic E-state index is 0.0599. The summed E-state index contributed by atoms with van der Waals surface area (Å²) in [6, 6.07) is 4.35. The zero-order valence-corrected chi connectivity index (χ0v) is 16.2. The Kier molecular flexibility index (Phi) is 5.87. The monoisotopic (exact) mass is 383 g/mol. The van der Waals surface area contributed by atoms with Gasteiger partial charge in [-0.25, -0.2) is 0 Å². The number of allylic oxidation sites excluding steroid dienone is 1. The second-order valence-electron chi connectivity index (χ2n) is 7.15. The van der Waals surface area contributed by atoms with Crippen molar-refractivity contribution in [2.45, 2.75) is 56.1 Å². The number of amides is 1. The van der Waals surface area contributed by atoms with E-state index in [2.05, 4.69) is 31.1 Å². The van der Waals surface area contributed by atoms with Crippen LogP contribution in [0.4, 0.5) is 0 Å². The van der Waals surface area contributed by atoms with Gasteiger partial charge in [0.05, 0.1) is 5.75 Å². The first kappa shape index (κ1) is 18.2. The molecule has 2 aromatic heterocycles. The SMILES string of the molecule is O=C(CSc1nnc(-c2cccnc2)n1C1CC1)NCCC1=CCCCC1. The molecule has 2 aliphatic rings. The lowest BCUT2D eigenvalue weighted by Crippen LogP contribution is -2.26. The molecule has 0 aliphatic heterocycles. The van der Waals surface area contributed by atoms with Crippen molar-refractivity contribution < 1.29 is 4.79 Å². The van der Waals surface area contributed by atoms with Crippen molar-refractivity contribution in [3.63, 3.8) is 0 Å². The summed E-state index contributed by atoms with van der Waals surface area (Å²) in [6.45, 7) is 0.724. The predicted molar refractivity (Wildman–Crippen MR) is 106 cm³/mol. The second kappa shape index (κ2) is 8.69. The van der Waals surface area contributed by atoms with Crippen molar-refractivity contribution in [2.24, 2.45) is 0 Å². The van der Waals surface area contributed by atoms with Crippen LogP contribution in [0.3, 0.4) is 0 Å². The summed E-state index contributed by atoms with van der Waals surface area (Å²) in [6.07, 6.45) is 14.1. The molecule has 1 N–H and O–H groups in total. The van der Waals surface area contributed by atoms with Gasteiger partial charge in [-0.15, -0.1) is 10.2 Å². The molecule has 0 aromatic carbocycles. The molecule has 27 heavy (non-hydrogen) atoms. The summed E-state index contributed by atoms with van der Waals surface area (Å²) in [4.78, 5) is 16.4. The Bertz CT molecular complexity index is 813. The number of thioether (sulfide) groups is 1. The number of rotatable bonds is 8. The molecule has 6 nitrogen and oxygen atoms in total. The van der Waals surface area contributed by atoms with Gasteiger partial charge < -0.3 is 5.32 Å². The van der Waals surface area contributed by atoms with Crippen molar-refractivity contribution in [2.75, 3.05) is 12.3 Å². The van der Waals surface area contributed by atoms with Crippen LogP contribution in [0, 0.1) is 0 Å². The minimum atomic E-state index is 0.0599. The molecule has 0 atom stereocenters. The molecule has 1 amide bonds. The Balaban J connectivity index is 1.32. The molecule has 7 heteroatoms. The molecule has 0 bridgehead atoms. The Morgan fingerprint density at radius 1 is 1.30 bits per heavy atom. The maximum Gasteiger partial charge on any atom is 0.230 e. The maximum absolute atomic E-state index is 12.2. The molecule has 2 aromatic rings. The summed E-state index contributed by atoms with van der Waals surface area (Å²) in [5.41, 5.74) is 2.46. The fourth-order valence-electron chi connectivity index (χ4n) is 3.40. The van der Waals surface area contributed by atoms with E-state index in [1.165, 1.54) is 43.0 Å². The molecular weight excluding hydrogens is 358 g/mol. The van der Waals surface area contributed by atoms with E-state index in [4.69, 9.17) is 0 Å². The van der Waals surface area contributed by atoms with E-state index in [0.717, 1.165) is 42.4 Å². The van der Waals surface area contributed by atoms with Crippen molar-refractivity contribution >= 4 is 17.7 Å². The third-order valence-electron chi connectivity index (χ3n) is 4.98. The fraction of sp³-hybridized carbons (Fsp3) is 0.500. The van der Waals surface area contributed by atoms with Crippen LogP contribution in [-0.2, 0) is 4.79 Å². The Morgan fingerprint density at radius 3 is 2.96 bits per heavy atom. The minimum Gasteiger partial charge on any atom is -0.355 e. The zero-order valence-electron chi connectivity index (χ0n) is 15.4. The molecule has 0 unspecified atom stereocenters. The lowest BCUT2D eigenvalue weighted by Gasteiger charge is -2.13. The molecule has 2 heterocycles. The number of hydrogen-bond acceptors (Lipinski definition) is 5. The highest BCUT2D eigenvalue weighted by molar-refractivity contribution is 7.99. The van der Waals surface area contributed by atoms with Gasteiger partial charge in [0.15, 0.2) is 11.0 Å². The average Bonchev–Trinajstić information content (AvgIpc) is 3.47. The fourth-order valence-corrected chi connectivity index (χ4v) is 4.24. The van der Waals surface area contributed by atoms with Crippen molar-refractivity contribution in [3.05, 3.63) is 36.2 Å². The number of nitrogens with one attached hydrogen (secondary N) is 1. The van der Waals surface area contributed by atoms with Gasteiger partial charge >= 0.3 is 0 Å². The van der Waals surface area contributed by atoms with Gasteiger partial charge in [0.25, 0.3) is 0 Å². The number of carbonyl (C=O) groups excluding carboxylic acids is 1. The van der Waals surface area contributed by atoms with Crippen LogP contribution in [0.2, 0.25) is 0 Å². The largest absolute Gasteiger partial charge is 0.355 e. The first-order valence-corrected chi connectivity index (χ1v) is 10.7. The quantitative estimate of drug-likeness (QED) is 0.555. The summed E-state index contributed by atoms with van der Waals surface area (Å²) in [5.74, 6) is 1.28. The highest BCUT2D eigenvalue weighted by atomic mass is 32.2. The average molecular weight is 384 g/mol. The number of pyridine rings is 1. The molecule has 1 fully saturated rings. The smallest absolute Gasteiger partial charge is 0.230 e. The number of carbonyl (C=O) groups is 1. The molecule has 0 saturated heterocycles. The molecule has 0 spiro atoms. The van der Waals surface area contributed by atoms with E-state index in [-0.39, 0.29) is 5.91 Å². The summed E-state index contributed by atoms with van der Waals surface area (Å²) in [7, 11) is 0. The van der Waals surface area contributed by atoms with E-state index >= 15 is 0 Å². The molecule has 4 rings (SSSR count). The van der Waals surface area contributed by atoms with E-state index in [0.29, 0.717) is 11.8 Å². The Morgan fingerprint density at radius 2 is 2.22 bits per heavy atom.